The van der Waals surface area contributed by atoms with Crippen molar-refractivity contribution in [3.8, 4) is 22.5 Å². The summed E-state index contributed by atoms with van der Waals surface area (Å²) in [6, 6.07) is 36.4. The van der Waals surface area contributed by atoms with Gasteiger partial charge in [-0.2, -0.15) is 0 Å². The summed E-state index contributed by atoms with van der Waals surface area (Å²) < 4.78 is 0. The number of carbonyl (C=O) groups excluding carboxylic acids is 1. The van der Waals surface area contributed by atoms with Crippen LogP contribution in [0.15, 0.2) is 109 Å². The minimum atomic E-state index is 0.0560. The molecule has 0 bridgehead atoms. The predicted octanol–water partition coefficient (Wildman–Crippen LogP) is 6.59. The number of aromatic nitrogens is 2. The third-order valence-electron chi connectivity index (χ3n) is 6.75. The van der Waals surface area contributed by atoms with Gasteiger partial charge in [0.25, 0.3) is 5.91 Å². The van der Waals surface area contributed by atoms with Crippen LogP contribution in [-0.4, -0.2) is 33.9 Å². The Labute approximate surface area is 204 Å². The number of amides is 1. The van der Waals surface area contributed by atoms with Crippen molar-refractivity contribution in [2.45, 2.75) is 12.3 Å². The van der Waals surface area contributed by atoms with Gasteiger partial charge < -0.3 is 4.90 Å². The van der Waals surface area contributed by atoms with Gasteiger partial charge in [-0.1, -0.05) is 91.0 Å². The van der Waals surface area contributed by atoms with Crippen LogP contribution in [0.1, 0.15) is 28.3 Å². The monoisotopic (exact) mass is 455 g/mol. The van der Waals surface area contributed by atoms with Crippen molar-refractivity contribution in [1.29, 1.82) is 0 Å². The molecule has 5 aromatic rings. The third-order valence-corrected chi connectivity index (χ3v) is 6.75. The SMILES string of the molecule is O=C(c1ccc2nc(-c3ccccc3)c(-c3ccccc3)nc2c1)N1CC[C@H](c2ccccc2)C1. The maximum Gasteiger partial charge on any atom is 0.253 e. The summed E-state index contributed by atoms with van der Waals surface area (Å²) in [6.07, 6.45) is 0.988. The highest BCUT2D eigenvalue weighted by Gasteiger charge is 2.28. The molecule has 6 rings (SSSR count). The van der Waals surface area contributed by atoms with Gasteiger partial charge in [-0.15, -0.1) is 0 Å². The molecular formula is C31H25N3O. The molecule has 4 aromatic carbocycles. The molecule has 0 spiro atoms. The molecule has 0 N–H and O–H groups in total. The highest BCUT2D eigenvalue weighted by molar-refractivity contribution is 5.98. The first-order chi connectivity index (χ1) is 17.3. The number of hydrogen-bond acceptors (Lipinski definition) is 3. The third kappa shape index (κ3) is 4.19. The first-order valence-electron chi connectivity index (χ1n) is 12.0. The summed E-state index contributed by atoms with van der Waals surface area (Å²) in [6.45, 7) is 1.51. The number of likely N-dealkylation sites (tertiary alicyclic amines) is 1. The minimum Gasteiger partial charge on any atom is -0.338 e. The molecule has 1 saturated heterocycles. The number of fused-ring (bicyclic) bond motifs is 1. The van der Waals surface area contributed by atoms with E-state index >= 15 is 0 Å². The van der Waals surface area contributed by atoms with Crippen LogP contribution in [0.4, 0.5) is 0 Å². The second-order valence-corrected chi connectivity index (χ2v) is 9.00. The van der Waals surface area contributed by atoms with Crippen LogP contribution in [0.2, 0.25) is 0 Å². The summed E-state index contributed by atoms with van der Waals surface area (Å²) in [7, 11) is 0. The Kier molecular flexibility index (Phi) is 5.55. The lowest BCUT2D eigenvalue weighted by atomic mass is 9.99. The largest absolute Gasteiger partial charge is 0.338 e. The summed E-state index contributed by atoms with van der Waals surface area (Å²) in [5.74, 6) is 0.444. The topological polar surface area (TPSA) is 46.1 Å². The molecule has 1 atom stereocenters. The molecule has 1 fully saturated rings. The van der Waals surface area contributed by atoms with Crippen molar-refractivity contribution in [3.63, 3.8) is 0 Å². The normalized spacial score (nSPS) is 15.4. The van der Waals surface area contributed by atoms with Crippen LogP contribution in [0, 0.1) is 0 Å². The van der Waals surface area contributed by atoms with E-state index < -0.39 is 0 Å². The first kappa shape index (κ1) is 21.2. The smallest absolute Gasteiger partial charge is 0.253 e. The van der Waals surface area contributed by atoms with Gasteiger partial charge in [0.2, 0.25) is 0 Å². The average molecular weight is 456 g/mol. The predicted molar refractivity (Wildman–Crippen MR) is 140 cm³/mol. The summed E-state index contributed by atoms with van der Waals surface area (Å²) in [4.78, 5) is 25.4. The second-order valence-electron chi connectivity index (χ2n) is 9.00. The molecule has 4 heteroatoms. The van der Waals surface area contributed by atoms with E-state index in [0.717, 1.165) is 53.1 Å². The van der Waals surface area contributed by atoms with Crippen LogP contribution in [-0.2, 0) is 0 Å². The lowest BCUT2D eigenvalue weighted by Gasteiger charge is -2.17. The van der Waals surface area contributed by atoms with E-state index in [1.54, 1.807) is 0 Å². The van der Waals surface area contributed by atoms with Gasteiger partial charge in [-0.25, -0.2) is 9.97 Å². The number of benzene rings is 4. The van der Waals surface area contributed by atoms with Gasteiger partial charge in [0.15, 0.2) is 0 Å². The molecule has 0 aliphatic carbocycles. The molecule has 0 saturated carbocycles. The number of hydrogen-bond donors (Lipinski definition) is 0. The molecule has 35 heavy (non-hydrogen) atoms. The van der Waals surface area contributed by atoms with Gasteiger partial charge in [0.05, 0.1) is 22.4 Å². The van der Waals surface area contributed by atoms with Crippen molar-refractivity contribution in [2.75, 3.05) is 13.1 Å². The Morgan fingerprint density at radius 3 is 1.89 bits per heavy atom. The minimum absolute atomic E-state index is 0.0560. The molecule has 4 nitrogen and oxygen atoms in total. The summed E-state index contributed by atoms with van der Waals surface area (Å²) in [5.41, 5.74) is 7.15. The standard InChI is InChI=1S/C31H25N3O/c35-31(34-19-18-26(21-34)22-10-4-1-5-11-22)25-16-17-27-28(20-25)33-30(24-14-8-3-9-15-24)29(32-27)23-12-6-2-7-13-23/h1-17,20,26H,18-19,21H2/t26-/m0/s1. The number of nitrogens with zero attached hydrogens (tertiary/aromatic N) is 3. The second kappa shape index (κ2) is 9.15. The zero-order valence-electron chi connectivity index (χ0n) is 19.3. The zero-order valence-corrected chi connectivity index (χ0v) is 19.3. The van der Waals surface area contributed by atoms with Crippen molar-refractivity contribution in [3.05, 3.63) is 120 Å². The van der Waals surface area contributed by atoms with Gasteiger partial charge in [0.1, 0.15) is 0 Å². The van der Waals surface area contributed by atoms with E-state index in [-0.39, 0.29) is 5.91 Å². The molecule has 0 radical (unpaired) electrons. The Morgan fingerprint density at radius 1 is 0.686 bits per heavy atom. The Hall–Kier alpha value is -4.31. The van der Waals surface area contributed by atoms with Crippen molar-refractivity contribution in [1.82, 2.24) is 14.9 Å². The van der Waals surface area contributed by atoms with E-state index in [1.165, 1.54) is 5.56 Å². The van der Waals surface area contributed by atoms with Crippen LogP contribution in [0.25, 0.3) is 33.5 Å². The molecule has 1 aliphatic rings. The van der Waals surface area contributed by atoms with Crippen LogP contribution < -0.4 is 0 Å². The highest BCUT2D eigenvalue weighted by Crippen LogP contribution is 2.32. The zero-order chi connectivity index (χ0) is 23.6. The first-order valence-corrected chi connectivity index (χ1v) is 12.0. The van der Waals surface area contributed by atoms with Crippen LogP contribution in [0.3, 0.4) is 0 Å². The molecule has 0 unspecified atom stereocenters. The Bertz CT molecular complexity index is 1480. The van der Waals surface area contributed by atoms with Gasteiger partial charge in [-0.3, -0.25) is 4.79 Å². The molecular weight excluding hydrogens is 430 g/mol. The summed E-state index contributed by atoms with van der Waals surface area (Å²) in [5, 5.41) is 0. The number of carbonyl (C=O) groups is 1. The molecule has 1 aliphatic heterocycles. The molecule has 1 amide bonds. The average Bonchev–Trinajstić information content (AvgIpc) is 3.43. The van der Waals surface area contributed by atoms with E-state index in [4.69, 9.17) is 9.97 Å². The van der Waals surface area contributed by atoms with Crippen LogP contribution >= 0.6 is 0 Å². The molecule has 1 aromatic heterocycles. The van der Waals surface area contributed by atoms with E-state index in [0.29, 0.717) is 11.5 Å². The quantitative estimate of drug-likeness (QED) is 0.307. The molecule has 2 heterocycles. The van der Waals surface area contributed by atoms with E-state index in [9.17, 15) is 4.79 Å². The van der Waals surface area contributed by atoms with Crippen molar-refractivity contribution < 1.29 is 4.79 Å². The van der Waals surface area contributed by atoms with Gasteiger partial charge in [0, 0.05) is 35.7 Å². The highest BCUT2D eigenvalue weighted by atomic mass is 16.2. The van der Waals surface area contributed by atoms with Crippen LogP contribution in [0.5, 0.6) is 0 Å². The van der Waals surface area contributed by atoms with E-state index in [1.807, 2.05) is 77.7 Å². The maximum atomic E-state index is 13.4. The van der Waals surface area contributed by atoms with Gasteiger partial charge >= 0.3 is 0 Å². The maximum absolute atomic E-state index is 13.4. The lowest BCUT2D eigenvalue weighted by Crippen LogP contribution is -2.28. The van der Waals surface area contributed by atoms with E-state index in [2.05, 4.69) is 36.4 Å². The fraction of sp³-hybridized carbons (Fsp3) is 0.129. The Morgan fingerprint density at radius 2 is 1.26 bits per heavy atom. The fourth-order valence-corrected chi connectivity index (χ4v) is 4.91. The fourth-order valence-electron chi connectivity index (χ4n) is 4.91. The lowest BCUT2D eigenvalue weighted by molar-refractivity contribution is 0.0791. The number of rotatable bonds is 4. The van der Waals surface area contributed by atoms with Crippen molar-refractivity contribution >= 4 is 16.9 Å². The molecule has 170 valence electrons. The van der Waals surface area contributed by atoms with Crippen molar-refractivity contribution in [2.24, 2.45) is 0 Å². The Balaban J connectivity index is 1.36. The summed E-state index contributed by atoms with van der Waals surface area (Å²) >= 11 is 0. The van der Waals surface area contributed by atoms with Gasteiger partial charge in [-0.05, 0) is 30.2 Å².